The van der Waals surface area contributed by atoms with Gasteiger partial charge in [-0.2, -0.15) is 0 Å². The molecule has 0 radical (unpaired) electrons. The van der Waals surface area contributed by atoms with Crippen LogP contribution in [0.15, 0.2) is 336 Å². The maximum Gasteiger partial charge on any atom is 0.227 e. The van der Waals surface area contributed by atoms with Gasteiger partial charge in [0.05, 0.1) is 22.8 Å². The van der Waals surface area contributed by atoms with Crippen molar-refractivity contribution in [1.29, 1.82) is 0 Å². The van der Waals surface area contributed by atoms with E-state index in [-0.39, 0.29) is 0 Å². The third kappa shape index (κ3) is 11.1. The number of oxazole rings is 2. The summed E-state index contributed by atoms with van der Waals surface area (Å²) in [6.45, 7) is 0. The van der Waals surface area contributed by atoms with Crippen molar-refractivity contribution >= 4 is 85.2 Å². The Morgan fingerprint density at radius 3 is 1.07 bits per heavy atom. The third-order valence-corrected chi connectivity index (χ3v) is 20.2. The summed E-state index contributed by atoms with van der Waals surface area (Å²) in [6, 6.07) is 113. The van der Waals surface area contributed by atoms with Crippen molar-refractivity contribution in [2.45, 2.75) is 0 Å². The molecule has 98 heavy (non-hydrogen) atoms. The van der Waals surface area contributed by atoms with Gasteiger partial charge in [-0.25, -0.2) is 29.9 Å². The lowest BCUT2D eigenvalue weighted by atomic mass is 9.99. The van der Waals surface area contributed by atoms with Gasteiger partial charge in [-0.05, 0) is 130 Å². The number of thiophene rings is 2. The smallest absolute Gasteiger partial charge is 0.227 e. The first-order valence-corrected chi connectivity index (χ1v) is 34.1. The normalized spacial score (nSPS) is 11.5. The lowest BCUT2D eigenvalue weighted by molar-refractivity contribution is 0.619. The van der Waals surface area contributed by atoms with Crippen LogP contribution in [-0.2, 0) is 0 Å². The summed E-state index contributed by atoms with van der Waals surface area (Å²) in [5.74, 6) is 2.61. The Morgan fingerprint density at radius 1 is 0.214 bits per heavy atom. The summed E-state index contributed by atoms with van der Waals surface area (Å²) in [7, 11) is 0. The van der Waals surface area contributed by atoms with E-state index < -0.39 is 0 Å². The summed E-state index contributed by atoms with van der Waals surface area (Å²) in [5, 5.41) is 4.63. The Kier molecular flexibility index (Phi) is 14.8. The molecule has 0 spiro atoms. The van der Waals surface area contributed by atoms with Crippen LogP contribution in [0, 0.1) is 0 Å². The molecule has 0 N–H and O–H groups in total. The molecule has 0 fully saturated rings. The van der Waals surface area contributed by atoms with E-state index in [4.69, 9.17) is 38.7 Å². The van der Waals surface area contributed by atoms with E-state index in [2.05, 4.69) is 243 Å². The second kappa shape index (κ2) is 24.9. The fraction of sp³-hybridized carbons (Fsp3) is 0. The van der Waals surface area contributed by atoms with Crippen molar-refractivity contribution in [2.75, 3.05) is 0 Å². The van der Waals surface area contributed by atoms with Crippen molar-refractivity contribution in [3.05, 3.63) is 328 Å². The van der Waals surface area contributed by atoms with Crippen LogP contribution in [0.1, 0.15) is 0 Å². The maximum absolute atomic E-state index is 6.19. The van der Waals surface area contributed by atoms with Gasteiger partial charge in [-0.3, -0.25) is 0 Å². The third-order valence-electron chi connectivity index (χ3n) is 17.9. The minimum Gasteiger partial charge on any atom is -0.436 e. The molecule has 13 aromatic carbocycles. The highest BCUT2D eigenvalue weighted by molar-refractivity contribution is 7.26. The lowest BCUT2D eigenvalue weighted by Gasteiger charge is -2.12. The van der Waals surface area contributed by atoms with E-state index in [1.54, 1.807) is 22.7 Å². The van der Waals surface area contributed by atoms with Crippen molar-refractivity contribution in [3.63, 3.8) is 0 Å². The molecule has 10 heteroatoms. The number of nitrogens with zero attached hydrogens (tertiary/aromatic N) is 6. The van der Waals surface area contributed by atoms with Crippen molar-refractivity contribution < 1.29 is 8.83 Å². The molecule has 0 aliphatic heterocycles. The zero-order valence-corrected chi connectivity index (χ0v) is 54.1. The number of para-hydroxylation sites is 4. The fourth-order valence-electron chi connectivity index (χ4n) is 13.1. The van der Waals surface area contributed by atoms with Crippen LogP contribution < -0.4 is 0 Å². The van der Waals surface area contributed by atoms with Crippen LogP contribution in [-0.4, -0.2) is 29.9 Å². The molecule has 0 amide bonds. The minimum atomic E-state index is 0.615. The Balaban J connectivity index is 0.000000143. The maximum atomic E-state index is 6.19. The number of benzene rings is 13. The number of fused-ring (bicyclic) bond motifs is 8. The minimum absolute atomic E-state index is 0.615. The molecule has 19 rings (SSSR count). The van der Waals surface area contributed by atoms with Gasteiger partial charge >= 0.3 is 0 Å². The SMILES string of the molecule is c1ccc(-c2ccc(-c3cc(-c4cccc5sc6ccc(-c7nc8ccccc8o7)cc6c45)nc(-c4cccc(-c5ccccc5)c4)n3)cc2)cc1.c1ccc(-c2cccc(-c3cc(-c4cccc5sc6ccc(-c7nc8ccccc8o7)cc6c45)nc(-c4ccccc4)n3)c2)cc1. The van der Waals surface area contributed by atoms with Gasteiger partial charge in [0.25, 0.3) is 0 Å². The van der Waals surface area contributed by atoms with Gasteiger partial charge in [-0.15, -0.1) is 22.7 Å². The van der Waals surface area contributed by atoms with Crippen LogP contribution in [0.4, 0.5) is 0 Å². The molecule has 0 aliphatic carbocycles. The Labute approximate surface area is 571 Å². The average molecular weight is 1290 g/mol. The van der Waals surface area contributed by atoms with E-state index >= 15 is 0 Å². The zero-order valence-electron chi connectivity index (χ0n) is 52.5. The first kappa shape index (κ1) is 58.0. The molecular formula is C88H54N6O2S2. The Bertz CT molecular complexity index is 6120. The summed E-state index contributed by atoms with van der Waals surface area (Å²) >= 11 is 3.57. The highest BCUT2D eigenvalue weighted by Crippen LogP contribution is 2.45. The molecule has 0 saturated carbocycles. The molecule has 6 aromatic heterocycles. The second-order valence-electron chi connectivity index (χ2n) is 24.1. The number of hydrogen-bond acceptors (Lipinski definition) is 10. The van der Waals surface area contributed by atoms with Crippen LogP contribution in [0.2, 0.25) is 0 Å². The Hall–Kier alpha value is -12.6. The number of rotatable bonds is 11. The molecule has 0 bridgehead atoms. The highest BCUT2D eigenvalue weighted by Gasteiger charge is 2.21. The molecule has 6 heterocycles. The second-order valence-corrected chi connectivity index (χ2v) is 26.3. The molecule has 0 unspecified atom stereocenters. The summed E-state index contributed by atoms with van der Waals surface area (Å²) < 4.78 is 17.1. The lowest BCUT2D eigenvalue weighted by Crippen LogP contribution is -1.96. The highest BCUT2D eigenvalue weighted by atomic mass is 32.1. The van der Waals surface area contributed by atoms with Gasteiger partial charge in [0.15, 0.2) is 22.8 Å². The predicted molar refractivity (Wildman–Crippen MR) is 405 cm³/mol. The van der Waals surface area contributed by atoms with Gasteiger partial charge in [0, 0.05) is 84.9 Å². The van der Waals surface area contributed by atoms with Crippen LogP contribution in [0.3, 0.4) is 0 Å². The van der Waals surface area contributed by atoms with Gasteiger partial charge in [0.2, 0.25) is 11.8 Å². The van der Waals surface area contributed by atoms with Gasteiger partial charge in [0.1, 0.15) is 11.0 Å². The van der Waals surface area contributed by atoms with Gasteiger partial charge in [-0.1, -0.05) is 231 Å². The summed E-state index contributed by atoms with van der Waals surface area (Å²) in [5.41, 5.74) is 21.8. The molecule has 8 nitrogen and oxygen atoms in total. The number of hydrogen-bond donors (Lipinski definition) is 0. The van der Waals surface area contributed by atoms with E-state index in [0.29, 0.717) is 23.4 Å². The molecular weight excluding hydrogens is 1240 g/mol. The van der Waals surface area contributed by atoms with Gasteiger partial charge < -0.3 is 8.83 Å². The first-order chi connectivity index (χ1) is 48.5. The van der Waals surface area contributed by atoms with E-state index in [1.165, 1.54) is 40.9 Å². The predicted octanol–water partition coefficient (Wildman–Crippen LogP) is 24.3. The van der Waals surface area contributed by atoms with E-state index in [1.807, 2.05) is 84.9 Å². The average Bonchev–Trinajstić information content (AvgIpc) is 1.47. The molecule has 0 atom stereocenters. The van der Waals surface area contributed by atoms with Crippen molar-refractivity contribution in [2.24, 2.45) is 0 Å². The molecule has 460 valence electrons. The molecule has 0 aliphatic rings. The summed E-state index contributed by atoms with van der Waals surface area (Å²) in [6.07, 6.45) is 0. The zero-order chi connectivity index (χ0) is 64.9. The van der Waals surface area contributed by atoms with Crippen LogP contribution in [0.5, 0.6) is 0 Å². The van der Waals surface area contributed by atoms with Crippen molar-refractivity contribution in [1.82, 2.24) is 29.9 Å². The molecule has 0 saturated heterocycles. The summed E-state index contributed by atoms with van der Waals surface area (Å²) in [4.78, 5) is 30.4. The topological polar surface area (TPSA) is 104 Å². The number of aromatic nitrogens is 6. The van der Waals surface area contributed by atoms with E-state index in [0.717, 1.165) is 122 Å². The quantitative estimate of drug-likeness (QED) is 0.126. The van der Waals surface area contributed by atoms with Crippen LogP contribution >= 0.6 is 22.7 Å². The fourth-order valence-corrected chi connectivity index (χ4v) is 15.3. The van der Waals surface area contributed by atoms with Crippen molar-refractivity contribution in [3.8, 4) is 124 Å². The largest absolute Gasteiger partial charge is 0.436 e. The molecule has 19 aromatic rings. The standard InChI is InChI=1S/C47H29N3OS.C41H25N3OS/c1-3-11-30(12-4-1)32-21-23-33(24-22-32)40-29-41(49-46(48-40)35-16-9-15-34(27-35)31-13-5-2-6-14-31)37-17-10-20-44-45(37)38-28-36(25-26-43(38)52-44)47-50-39-18-7-8-19-42(39)51-47;1-3-11-26(12-4-1)28-15-9-16-29(23-28)34-25-35(43-40(42-34)27-13-5-2-6-14-27)31-17-10-20-38-39(31)32-24-30(21-22-37(32)46-38)41-44-33-18-7-8-19-36(33)45-41/h1-29H;1-25H. The van der Waals surface area contributed by atoms with Crippen LogP contribution in [0.25, 0.3) is 187 Å². The van der Waals surface area contributed by atoms with E-state index in [9.17, 15) is 0 Å². The monoisotopic (exact) mass is 1290 g/mol. The Morgan fingerprint density at radius 2 is 0.571 bits per heavy atom. The first-order valence-electron chi connectivity index (χ1n) is 32.4.